The van der Waals surface area contributed by atoms with Gasteiger partial charge in [0.1, 0.15) is 11.8 Å². The maximum atomic E-state index is 13.0. The van der Waals surface area contributed by atoms with E-state index in [1.807, 2.05) is 30.3 Å². The first-order valence-corrected chi connectivity index (χ1v) is 11.5. The van der Waals surface area contributed by atoms with Gasteiger partial charge in [-0.3, -0.25) is 4.79 Å². The highest BCUT2D eigenvalue weighted by Gasteiger charge is 2.33. The number of carbonyl (C=O) groups is 1. The largest absolute Gasteiger partial charge is 0.493 e. The molecule has 0 bridgehead atoms. The van der Waals surface area contributed by atoms with Crippen molar-refractivity contribution < 1.29 is 14.1 Å². The molecule has 0 saturated carbocycles. The summed E-state index contributed by atoms with van der Waals surface area (Å²) < 4.78 is 11.3. The monoisotopic (exact) mass is 473 g/mol. The Morgan fingerprint density at radius 2 is 1.90 bits per heavy atom. The lowest BCUT2D eigenvalue weighted by molar-refractivity contribution is -0.658. The number of ketones is 1. The van der Waals surface area contributed by atoms with Crippen LogP contribution >= 0.6 is 15.9 Å². The summed E-state index contributed by atoms with van der Waals surface area (Å²) in [6.45, 7) is 1.11. The molecule has 1 aromatic heterocycles. The number of Topliss-reactive ketones (excluding diaryl/α,β-unsaturated/α-hetero) is 1. The predicted octanol–water partition coefficient (Wildman–Crippen LogP) is 5.04. The molecule has 0 N–H and O–H groups in total. The van der Waals surface area contributed by atoms with Crippen molar-refractivity contribution in [3.63, 3.8) is 0 Å². The first-order valence-electron chi connectivity index (χ1n) is 10.7. The molecular weight excluding hydrogens is 452 g/mol. The SMILES string of the molecule is O=C(C[n+]1cn(C2CCc3cc4c(cc32)OCC4)c2ccccc21)c1ccc(Br)cc1. The van der Waals surface area contributed by atoms with Gasteiger partial charge in [-0.2, -0.15) is 0 Å². The lowest BCUT2D eigenvalue weighted by atomic mass is 10.0. The number of ether oxygens (including phenoxy) is 1. The first-order chi connectivity index (χ1) is 15.2. The number of hydrogen-bond donors (Lipinski definition) is 0. The quantitative estimate of drug-likeness (QED) is 0.307. The number of nitrogens with zero attached hydrogens (tertiary/aromatic N) is 2. The highest BCUT2D eigenvalue weighted by Crippen LogP contribution is 2.40. The van der Waals surface area contributed by atoms with Crippen molar-refractivity contribution in [2.45, 2.75) is 31.8 Å². The Bertz CT molecular complexity index is 1320. The molecule has 6 rings (SSSR count). The number of hydrogen-bond acceptors (Lipinski definition) is 2. The molecule has 1 atom stereocenters. The van der Waals surface area contributed by atoms with Crippen LogP contribution in [0.1, 0.15) is 39.5 Å². The van der Waals surface area contributed by atoms with Crippen molar-refractivity contribution in [1.82, 2.24) is 4.57 Å². The van der Waals surface area contributed by atoms with Gasteiger partial charge in [0.15, 0.2) is 17.6 Å². The normalized spacial score (nSPS) is 16.9. The number of aromatic nitrogens is 2. The predicted molar refractivity (Wildman–Crippen MR) is 123 cm³/mol. The Labute approximate surface area is 189 Å². The van der Waals surface area contributed by atoms with Crippen LogP contribution in [0.2, 0.25) is 0 Å². The molecule has 1 aliphatic carbocycles. The molecule has 4 nitrogen and oxygen atoms in total. The van der Waals surface area contributed by atoms with Crippen LogP contribution in [0.25, 0.3) is 11.0 Å². The van der Waals surface area contributed by atoms with E-state index in [9.17, 15) is 4.79 Å². The highest BCUT2D eigenvalue weighted by molar-refractivity contribution is 9.10. The van der Waals surface area contributed by atoms with Crippen molar-refractivity contribution >= 4 is 32.7 Å². The Balaban J connectivity index is 1.40. The second kappa shape index (κ2) is 7.34. The molecule has 1 unspecified atom stereocenters. The van der Waals surface area contributed by atoms with Crippen LogP contribution in [0.5, 0.6) is 5.75 Å². The molecule has 0 radical (unpaired) electrons. The molecule has 0 spiro atoms. The van der Waals surface area contributed by atoms with Gasteiger partial charge in [0.2, 0.25) is 12.1 Å². The molecular formula is C26H22BrN2O2+. The van der Waals surface area contributed by atoms with Gasteiger partial charge in [-0.25, -0.2) is 9.13 Å². The number of para-hydroxylation sites is 2. The molecule has 2 aliphatic rings. The third-order valence-electron chi connectivity index (χ3n) is 6.55. The van der Waals surface area contributed by atoms with E-state index in [2.05, 4.69) is 61.7 Å². The van der Waals surface area contributed by atoms with E-state index in [1.165, 1.54) is 16.7 Å². The lowest BCUT2D eigenvalue weighted by Crippen LogP contribution is -2.37. The minimum Gasteiger partial charge on any atom is -0.493 e. The third kappa shape index (κ3) is 3.19. The van der Waals surface area contributed by atoms with Gasteiger partial charge in [-0.15, -0.1) is 0 Å². The van der Waals surface area contributed by atoms with Crippen molar-refractivity contribution in [3.8, 4) is 5.75 Å². The molecule has 0 amide bonds. The summed E-state index contributed by atoms with van der Waals surface area (Å²) in [5, 5.41) is 0. The van der Waals surface area contributed by atoms with Crippen LogP contribution in [-0.4, -0.2) is 17.0 Å². The van der Waals surface area contributed by atoms with E-state index in [4.69, 9.17) is 4.74 Å². The van der Waals surface area contributed by atoms with Gasteiger partial charge in [0.25, 0.3) is 0 Å². The van der Waals surface area contributed by atoms with E-state index in [0.29, 0.717) is 6.54 Å². The van der Waals surface area contributed by atoms with Gasteiger partial charge in [-0.05, 0) is 54.3 Å². The maximum absolute atomic E-state index is 13.0. The van der Waals surface area contributed by atoms with Crippen LogP contribution in [0.4, 0.5) is 0 Å². The van der Waals surface area contributed by atoms with E-state index in [1.54, 1.807) is 0 Å². The fourth-order valence-corrected chi connectivity index (χ4v) is 5.28. The van der Waals surface area contributed by atoms with Gasteiger partial charge >= 0.3 is 0 Å². The van der Waals surface area contributed by atoms with Gasteiger partial charge < -0.3 is 4.74 Å². The maximum Gasteiger partial charge on any atom is 0.245 e. The molecule has 154 valence electrons. The third-order valence-corrected chi connectivity index (χ3v) is 7.08. The highest BCUT2D eigenvalue weighted by atomic mass is 79.9. The summed E-state index contributed by atoms with van der Waals surface area (Å²) in [7, 11) is 0. The number of rotatable bonds is 4. The van der Waals surface area contributed by atoms with Crippen molar-refractivity contribution in [1.29, 1.82) is 0 Å². The van der Waals surface area contributed by atoms with Crippen LogP contribution in [-0.2, 0) is 19.4 Å². The molecule has 5 heteroatoms. The average Bonchev–Trinajstić information content (AvgIpc) is 3.49. The van der Waals surface area contributed by atoms with E-state index >= 15 is 0 Å². The van der Waals surface area contributed by atoms with E-state index in [0.717, 1.165) is 52.7 Å². The second-order valence-electron chi connectivity index (χ2n) is 8.38. The van der Waals surface area contributed by atoms with Gasteiger partial charge in [-0.1, -0.05) is 46.3 Å². The summed E-state index contributed by atoms with van der Waals surface area (Å²) in [5.41, 5.74) is 7.10. The summed E-state index contributed by atoms with van der Waals surface area (Å²) >= 11 is 3.44. The minimum atomic E-state index is 0.110. The average molecular weight is 474 g/mol. The number of carbonyl (C=O) groups excluding carboxylic acids is 1. The van der Waals surface area contributed by atoms with E-state index < -0.39 is 0 Å². The van der Waals surface area contributed by atoms with Crippen LogP contribution in [0.3, 0.4) is 0 Å². The number of aryl methyl sites for hydroxylation is 1. The van der Waals surface area contributed by atoms with Gasteiger partial charge in [0, 0.05) is 22.0 Å². The fraction of sp³-hybridized carbons (Fsp3) is 0.231. The summed E-state index contributed by atoms with van der Waals surface area (Å²) in [6.07, 6.45) is 5.28. The fourth-order valence-electron chi connectivity index (χ4n) is 5.01. The molecule has 3 aromatic carbocycles. The van der Waals surface area contributed by atoms with Crippen LogP contribution in [0.15, 0.2) is 71.5 Å². The van der Waals surface area contributed by atoms with Crippen molar-refractivity contribution in [2.75, 3.05) is 6.61 Å². The lowest BCUT2D eigenvalue weighted by Gasteiger charge is -2.10. The molecule has 0 saturated heterocycles. The zero-order valence-electron chi connectivity index (χ0n) is 17.1. The molecule has 31 heavy (non-hydrogen) atoms. The van der Waals surface area contributed by atoms with Gasteiger partial charge in [0.05, 0.1) is 6.61 Å². The molecule has 4 aromatic rings. The minimum absolute atomic E-state index is 0.110. The molecule has 1 aliphatic heterocycles. The number of halogens is 1. The number of fused-ring (bicyclic) bond motifs is 3. The number of benzene rings is 3. The summed E-state index contributed by atoms with van der Waals surface area (Å²) in [5.74, 6) is 1.15. The Hall–Kier alpha value is -2.92. The Morgan fingerprint density at radius 3 is 2.77 bits per heavy atom. The summed E-state index contributed by atoms with van der Waals surface area (Å²) in [6, 6.07) is 20.8. The van der Waals surface area contributed by atoms with E-state index in [-0.39, 0.29) is 11.8 Å². The Kier molecular flexibility index (Phi) is 4.46. The summed E-state index contributed by atoms with van der Waals surface area (Å²) in [4.78, 5) is 13.0. The standard InChI is InChI=1S/C26H22BrN2O2/c27-20-8-5-17(6-9-20)25(30)15-28-16-29(24-4-2-1-3-23(24)28)22-10-7-18-13-19-11-12-31-26(19)14-21(18)22/h1-6,8-9,13-14,16,22H,7,10-12,15H2/q+1. The second-order valence-corrected chi connectivity index (χ2v) is 9.30. The zero-order chi connectivity index (χ0) is 20.9. The first kappa shape index (κ1) is 18.8. The van der Waals surface area contributed by atoms with Crippen molar-refractivity contribution in [3.05, 3.63) is 93.7 Å². The number of imidazole rings is 1. The smallest absolute Gasteiger partial charge is 0.245 e. The molecule has 0 fully saturated rings. The molecule has 2 heterocycles. The Morgan fingerprint density at radius 1 is 1.06 bits per heavy atom. The van der Waals surface area contributed by atoms with Crippen LogP contribution in [0, 0.1) is 0 Å². The zero-order valence-corrected chi connectivity index (χ0v) is 18.6. The van der Waals surface area contributed by atoms with Crippen LogP contribution < -0.4 is 9.30 Å². The van der Waals surface area contributed by atoms with Crippen molar-refractivity contribution in [2.24, 2.45) is 0 Å². The topological polar surface area (TPSA) is 35.1 Å².